The molecule has 0 bridgehead atoms. The molecule has 0 amide bonds. The molecule has 0 saturated carbocycles. The fraction of sp³-hybridized carbons (Fsp3) is 0.846. The summed E-state index contributed by atoms with van der Waals surface area (Å²) < 4.78 is 5.47. The van der Waals surface area contributed by atoms with Crippen LogP contribution in [0.3, 0.4) is 0 Å². The lowest BCUT2D eigenvalue weighted by atomic mass is 10.1. The first-order valence-corrected chi connectivity index (χ1v) is 5.98. The van der Waals surface area contributed by atoms with Crippen molar-refractivity contribution in [3.63, 3.8) is 0 Å². The summed E-state index contributed by atoms with van der Waals surface area (Å²) >= 11 is 0. The van der Waals surface area contributed by atoms with Crippen LogP contribution < -0.4 is 0 Å². The number of hydrogen-bond donors (Lipinski definition) is 0. The second-order valence-corrected chi connectivity index (χ2v) is 4.12. The lowest BCUT2D eigenvalue weighted by Gasteiger charge is -2.01. The third-order valence-corrected chi connectivity index (χ3v) is 2.25. The molecule has 0 fully saturated rings. The van der Waals surface area contributed by atoms with Gasteiger partial charge in [-0.15, -0.1) is 0 Å². The highest BCUT2D eigenvalue weighted by Gasteiger charge is 1.89. The zero-order chi connectivity index (χ0) is 10.6. The molecule has 0 aromatic heterocycles. The fourth-order valence-corrected chi connectivity index (χ4v) is 1.29. The van der Waals surface area contributed by atoms with Gasteiger partial charge in [0.25, 0.3) is 0 Å². The van der Waals surface area contributed by atoms with Crippen molar-refractivity contribution < 1.29 is 4.74 Å². The van der Waals surface area contributed by atoms with Gasteiger partial charge in [0.2, 0.25) is 0 Å². The zero-order valence-corrected chi connectivity index (χ0v) is 10.1. The van der Waals surface area contributed by atoms with Crippen LogP contribution in [0.2, 0.25) is 0 Å². The van der Waals surface area contributed by atoms with Gasteiger partial charge in [-0.2, -0.15) is 0 Å². The lowest BCUT2D eigenvalue weighted by molar-refractivity contribution is 0.156. The van der Waals surface area contributed by atoms with Crippen LogP contribution in [0.25, 0.3) is 0 Å². The van der Waals surface area contributed by atoms with E-state index in [1.54, 1.807) is 0 Å². The van der Waals surface area contributed by atoms with Crippen molar-refractivity contribution in [2.24, 2.45) is 0 Å². The molecular weight excluding hydrogens is 172 g/mol. The van der Waals surface area contributed by atoms with Crippen molar-refractivity contribution in [3.8, 4) is 0 Å². The average Bonchev–Trinajstić information content (AvgIpc) is 2.15. The quantitative estimate of drug-likeness (QED) is 0.396. The molecule has 84 valence electrons. The second-order valence-electron chi connectivity index (χ2n) is 4.12. The Bertz CT molecular complexity index is 134. The van der Waals surface area contributed by atoms with Gasteiger partial charge in [-0.25, -0.2) is 0 Å². The maximum Gasteiger partial charge on any atom is 0.0649 e. The number of allylic oxidation sites excluding steroid dienone is 1. The van der Waals surface area contributed by atoms with Crippen LogP contribution in [0.15, 0.2) is 11.6 Å². The summed E-state index contributed by atoms with van der Waals surface area (Å²) in [5.41, 5.74) is 1.34. The van der Waals surface area contributed by atoms with Gasteiger partial charge < -0.3 is 4.74 Å². The van der Waals surface area contributed by atoms with Crippen LogP contribution in [-0.2, 0) is 4.74 Å². The van der Waals surface area contributed by atoms with Crippen LogP contribution in [0.5, 0.6) is 0 Å². The molecule has 0 aromatic rings. The Balaban J connectivity index is 2.96. The van der Waals surface area contributed by atoms with Crippen molar-refractivity contribution >= 4 is 0 Å². The minimum atomic E-state index is 0.789. The first-order chi connectivity index (χ1) is 6.77. The Labute approximate surface area is 89.5 Å². The average molecular weight is 198 g/mol. The molecule has 14 heavy (non-hydrogen) atoms. The molecule has 1 heteroatoms. The van der Waals surface area contributed by atoms with Gasteiger partial charge in [0, 0.05) is 6.61 Å². The Morgan fingerprint density at radius 2 is 1.64 bits per heavy atom. The Kier molecular flexibility index (Phi) is 10.5. The highest BCUT2D eigenvalue weighted by atomic mass is 16.5. The van der Waals surface area contributed by atoms with E-state index in [9.17, 15) is 0 Å². The van der Waals surface area contributed by atoms with Crippen molar-refractivity contribution in [2.45, 2.75) is 59.3 Å². The summed E-state index contributed by atoms with van der Waals surface area (Å²) in [5, 5.41) is 0. The monoisotopic (exact) mass is 198 g/mol. The predicted octanol–water partition coefficient (Wildman–Crippen LogP) is 4.33. The van der Waals surface area contributed by atoms with Crippen LogP contribution in [-0.4, -0.2) is 13.2 Å². The lowest BCUT2D eigenvalue weighted by Crippen LogP contribution is -1.94. The van der Waals surface area contributed by atoms with Gasteiger partial charge in [0.05, 0.1) is 6.61 Å². The highest BCUT2D eigenvalue weighted by Crippen LogP contribution is 2.04. The Hall–Kier alpha value is -0.300. The molecule has 0 heterocycles. The maximum atomic E-state index is 5.47. The Morgan fingerprint density at radius 1 is 1.00 bits per heavy atom. The molecule has 0 aliphatic heterocycles. The molecule has 0 saturated heterocycles. The third-order valence-electron chi connectivity index (χ3n) is 2.25. The predicted molar refractivity (Wildman–Crippen MR) is 63.6 cm³/mol. The normalized spacial score (nSPS) is 10.2. The minimum Gasteiger partial charge on any atom is -0.377 e. The molecule has 0 unspecified atom stereocenters. The molecule has 0 aliphatic carbocycles. The molecule has 0 N–H and O–H groups in total. The van der Waals surface area contributed by atoms with E-state index in [2.05, 4.69) is 26.8 Å². The zero-order valence-electron chi connectivity index (χ0n) is 10.1. The number of unbranched alkanes of at least 4 members (excludes halogenated alkanes) is 5. The van der Waals surface area contributed by atoms with E-state index < -0.39 is 0 Å². The van der Waals surface area contributed by atoms with Gasteiger partial charge in [-0.3, -0.25) is 0 Å². The molecule has 0 rings (SSSR count). The largest absolute Gasteiger partial charge is 0.377 e. The minimum absolute atomic E-state index is 0.789. The molecule has 0 atom stereocenters. The fourth-order valence-electron chi connectivity index (χ4n) is 1.29. The van der Waals surface area contributed by atoms with Gasteiger partial charge in [-0.1, -0.05) is 50.7 Å². The van der Waals surface area contributed by atoms with E-state index in [1.165, 1.54) is 44.1 Å². The molecule has 0 radical (unpaired) electrons. The Morgan fingerprint density at radius 3 is 2.29 bits per heavy atom. The molecule has 0 spiro atoms. The van der Waals surface area contributed by atoms with E-state index in [0.29, 0.717) is 0 Å². The van der Waals surface area contributed by atoms with Gasteiger partial charge in [0.1, 0.15) is 0 Å². The van der Waals surface area contributed by atoms with Gasteiger partial charge in [-0.05, 0) is 20.3 Å². The summed E-state index contributed by atoms with van der Waals surface area (Å²) in [4.78, 5) is 0. The van der Waals surface area contributed by atoms with Crippen LogP contribution >= 0.6 is 0 Å². The smallest absolute Gasteiger partial charge is 0.0649 e. The number of rotatable bonds is 9. The van der Waals surface area contributed by atoms with E-state index in [0.717, 1.165) is 13.2 Å². The third kappa shape index (κ3) is 11.7. The molecule has 1 nitrogen and oxygen atoms in total. The number of ether oxygens (including phenoxy) is 1. The van der Waals surface area contributed by atoms with Crippen molar-refractivity contribution in [1.82, 2.24) is 0 Å². The first kappa shape index (κ1) is 13.7. The van der Waals surface area contributed by atoms with E-state index in [-0.39, 0.29) is 0 Å². The van der Waals surface area contributed by atoms with Crippen molar-refractivity contribution in [3.05, 3.63) is 11.6 Å². The van der Waals surface area contributed by atoms with Crippen LogP contribution in [0.4, 0.5) is 0 Å². The molecule has 0 aromatic carbocycles. The summed E-state index contributed by atoms with van der Waals surface area (Å²) in [6.07, 6.45) is 10.2. The summed E-state index contributed by atoms with van der Waals surface area (Å²) in [6.45, 7) is 8.18. The van der Waals surface area contributed by atoms with Crippen LogP contribution in [0.1, 0.15) is 59.3 Å². The second kappa shape index (κ2) is 10.8. The van der Waals surface area contributed by atoms with Crippen molar-refractivity contribution in [1.29, 1.82) is 0 Å². The summed E-state index contributed by atoms with van der Waals surface area (Å²) in [7, 11) is 0. The summed E-state index contributed by atoms with van der Waals surface area (Å²) in [6, 6.07) is 0. The van der Waals surface area contributed by atoms with Gasteiger partial charge >= 0.3 is 0 Å². The maximum absolute atomic E-state index is 5.47. The SMILES string of the molecule is CCCCCCCCOCC=C(C)C. The topological polar surface area (TPSA) is 9.23 Å². The standard InChI is InChI=1S/C13H26O/c1-4-5-6-7-8-9-11-14-12-10-13(2)3/h10H,4-9,11-12H2,1-3H3. The van der Waals surface area contributed by atoms with Crippen molar-refractivity contribution in [2.75, 3.05) is 13.2 Å². The van der Waals surface area contributed by atoms with E-state index in [4.69, 9.17) is 4.74 Å². The van der Waals surface area contributed by atoms with E-state index in [1.807, 2.05) is 0 Å². The van der Waals surface area contributed by atoms with Crippen LogP contribution in [0, 0.1) is 0 Å². The highest BCUT2D eigenvalue weighted by molar-refractivity contribution is 4.92. The number of hydrogen-bond acceptors (Lipinski definition) is 1. The molecule has 0 aliphatic rings. The van der Waals surface area contributed by atoms with E-state index >= 15 is 0 Å². The first-order valence-electron chi connectivity index (χ1n) is 5.98. The van der Waals surface area contributed by atoms with Gasteiger partial charge in [0.15, 0.2) is 0 Å². The molecular formula is C13H26O. The summed E-state index contributed by atoms with van der Waals surface area (Å²) in [5.74, 6) is 0.